The van der Waals surface area contributed by atoms with Gasteiger partial charge in [-0.3, -0.25) is 0 Å². The first-order valence-electron chi connectivity index (χ1n) is 2.52. The average molecular weight is 189 g/mol. The Kier molecular flexibility index (Phi) is 4.63. The lowest BCUT2D eigenvalue weighted by molar-refractivity contribution is -0.108. The van der Waals surface area contributed by atoms with E-state index in [1.165, 1.54) is 0 Å². The third-order valence-electron chi connectivity index (χ3n) is 0.816. The largest absolute Gasteiger partial charge is 0.300 e. The van der Waals surface area contributed by atoms with Gasteiger partial charge in [-0.05, 0) is 12.8 Å². The number of halogens is 3. The van der Waals surface area contributed by atoms with E-state index in [9.17, 15) is 4.79 Å². The number of alkyl halides is 3. The zero-order valence-corrected chi connectivity index (χ0v) is 7.01. The molecule has 0 bridgehead atoms. The number of hydrogen-bond acceptors (Lipinski definition) is 1. The molecule has 0 unspecified atom stereocenters. The molecule has 0 aromatic rings. The molecule has 0 rings (SSSR count). The minimum atomic E-state index is -1.23. The smallest absolute Gasteiger partial charge is 0.172 e. The van der Waals surface area contributed by atoms with Crippen LogP contribution in [0.25, 0.3) is 0 Å². The molecular weight excluding hydrogens is 182 g/mol. The molecule has 0 aliphatic rings. The maximum atomic E-state index is 10.0. The lowest BCUT2D eigenvalue weighted by Crippen LogP contribution is -2.13. The molecule has 0 saturated heterocycles. The van der Waals surface area contributed by atoms with E-state index in [1.807, 2.05) is 0 Å². The molecule has 0 aliphatic carbocycles. The summed E-state index contributed by atoms with van der Waals surface area (Å²) in [5.74, 6) is 0.481. The predicted octanol–water partition coefficient (Wildman–Crippen LogP) is 2.38. The van der Waals surface area contributed by atoms with E-state index in [4.69, 9.17) is 34.8 Å². The third kappa shape index (κ3) is 5.01. The van der Waals surface area contributed by atoms with Crippen molar-refractivity contribution in [3.8, 4) is 0 Å². The quantitative estimate of drug-likeness (QED) is 0.490. The van der Waals surface area contributed by atoms with Crippen LogP contribution in [0.4, 0.5) is 0 Å². The summed E-state index contributed by atoms with van der Waals surface area (Å²) in [4.78, 5) is 10.0. The van der Waals surface area contributed by atoms with Gasteiger partial charge in [0.25, 0.3) is 0 Å². The van der Waals surface area contributed by atoms with Crippen molar-refractivity contribution < 1.29 is 4.79 Å². The van der Waals surface area contributed by atoms with Gasteiger partial charge in [-0.1, -0.05) is 23.2 Å². The van der Waals surface area contributed by atoms with Crippen LogP contribution >= 0.6 is 34.8 Å². The molecule has 9 heavy (non-hydrogen) atoms. The Bertz CT molecular complexity index is 92.2. The van der Waals surface area contributed by atoms with E-state index in [0.717, 1.165) is 0 Å². The van der Waals surface area contributed by atoms with Gasteiger partial charge in [0.05, 0.1) is 0 Å². The topological polar surface area (TPSA) is 17.1 Å². The molecule has 0 fully saturated rings. The highest BCUT2D eigenvalue weighted by molar-refractivity contribution is 6.55. The molecular formula is C5H7Cl3O. The zero-order valence-electron chi connectivity index (χ0n) is 4.74. The molecule has 0 aromatic heterocycles. The second kappa shape index (κ2) is 4.37. The van der Waals surface area contributed by atoms with E-state index in [1.54, 1.807) is 0 Å². The van der Waals surface area contributed by atoms with Gasteiger partial charge in [0.2, 0.25) is 0 Å². The summed E-state index contributed by atoms with van der Waals surface area (Å²) >= 11 is 16.2. The van der Waals surface area contributed by atoms with E-state index in [-0.39, 0.29) is 0 Å². The van der Waals surface area contributed by atoms with Gasteiger partial charge in [-0.2, -0.15) is 0 Å². The summed E-state index contributed by atoms with van der Waals surface area (Å²) in [5, 5.41) is 0. The van der Waals surface area contributed by atoms with Gasteiger partial charge >= 0.3 is 0 Å². The highest BCUT2D eigenvalue weighted by Crippen LogP contribution is 2.23. The monoisotopic (exact) mass is 188 g/mol. The summed E-state index contributed by atoms with van der Waals surface area (Å²) in [6.07, 6.45) is 1.60. The first-order valence-corrected chi connectivity index (χ1v) is 3.81. The fourth-order valence-corrected chi connectivity index (χ4v) is 0.762. The molecule has 0 aliphatic heterocycles. The Balaban J connectivity index is 3.45. The standard InChI is InChI=1S/C5H7Cl3O/c6-3-1-2-5(7,8)4-9/h4H,1-3H2. The molecule has 54 valence electrons. The maximum Gasteiger partial charge on any atom is 0.172 e. The first-order chi connectivity index (χ1) is 4.12. The molecule has 0 heterocycles. The fourth-order valence-electron chi connectivity index (χ4n) is 0.361. The average Bonchev–Trinajstić information content (AvgIpc) is 1.84. The van der Waals surface area contributed by atoms with Crippen LogP contribution in [0.2, 0.25) is 0 Å². The first kappa shape index (κ1) is 9.54. The second-order valence-corrected chi connectivity index (χ2v) is 3.59. The molecule has 0 radical (unpaired) electrons. The Hall–Kier alpha value is 0.540. The van der Waals surface area contributed by atoms with Crippen LogP contribution in [0.3, 0.4) is 0 Å². The van der Waals surface area contributed by atoms with Crippen LogP contribution in [-0.2, 0) is 4.79 Å². The Morgan fingerprint density at radius 3 is 2.33 bits per heavy atom. The summed E-state index contributed by atoms with van der Waals surface area (Å²) in [6, 6.07) is 0. The van der Waals surface area contributed by atoms with Crippen molar-refractivity contribution in [1.82, 2.24) is 0 Å². The van der Waals surface area contributed by atoms with Gasteiger partial charge in [-0.15, -0.1) is 11.6 Å². The van der Waals surface area contributed by atoms with Crippen LogP contribution in [0, 0.1) is 0 Å². The van der Waals surface area contributed by atoms with Crippen molar-refractivity contribution in [2.75, 3.05) is 5.88 Å². The summed E-state index contributed by atoms with van der Waals surface area (Å²) in [7, 11) is 0. The summed E-state index contributed by atoms with van der Waals surface area (Å²) in [5.41, 5.74) is 0. The molecule has 1 nitrogen and oxygen atoms in total. The molecule has 0 amide bonds. The lowest BCUT2D eigenvalue weighted by atomic mass is 10.2. The molecule has 0 saturated carbocycles. The van der Waals surface area contributed by atoms with E-state index < -0.39 is 4.33 Å². The summed E-state index contributed by atoms with van der Waals surface area (Å²) in [6.45, 7) is 0. The van der Waals surface area contributed by atoms with Crippen LogP contribution < -0.4 is 0 Å². The van der Waals surface area contributed by atoms with E-state index in [0.29, 0.717) is 25.0 Å². The van der Waals surface area contributed by atoms with Crippen molar-refractivity contribution in [2.24, 2.45) is 0 Å². The van der Waals surface area contributed by atoms with Gasteiger partial charge in [-0.25, -0.2) is 0 Å². The lowest BCUT2D eigenvalue weighted by Gasteiger charge is -2.08. The highest BCUT2D eigenvalue weighted by Gasteiger charge is 2.21. The third-order valence-corrected chi connectivity index (χ3v) is 1.64. The molecule has 0 atom stereocenters. The number of rotatable bonds is 4. The van der Waals surface area contributed by atoms with Gasteiger partial charge in [0, 0.05) is 5.88 Å². The minimum absolute atomic E-state index is 0.420. The normalized spacial score (nSPS) is 11.4. The maximum absolute atomic E-state index is 10.0. The van der Waals surface area contributed by atoms with E-state index in [2.05, 4.69) is 0 Å². The molecule has 4 heteroatoms. The predicted molar refractivity (Wildman–Crippen MR) is 40.5 cm³/mol. The van der Waals surface area contributed by atoms with Gasteiger partial charge in [0.1, 0.15) is 0 Å². The van der Waals surface area contributed by atoms with Crippen molar-refractivity contribution in [1.29, 1.82) is 0 Å². The van der Waals surface area contributed by atoms with Gasteiger partial charge < -0.3 is 4.79 Å². The van der Waals surface area contributed by atoms with Crippen LogP contribution in [0.15, 0.2) is 0 Å². The summed E-state index contributed by atoms with van der Waals surface area (Å²) < 4.78 is -1.23. The minimum Gasteiger partial charge on any atom is -0.300 e. The molecule has 0 N–H and O–H groups in total. The Morgan fingerprint density at radius 2 is 2.00 bits per heavy atom. The second-order valence-electron chi connectivity index (χ2n) is 1.67. The fraction of sp³-hybridized carbons (Fsp3) is 0.800. The number of aldehydes is 1. The van der Waals surface area contributed by atoms with Crippen molar-refractivity contribution in [3.05, 3.63) is 0 Å². The number of carbonyl (C=O) groups is 1. The number of carbonyl (C=O) groups excluding carboxylic acids is 1. The Morgan fingerprint density at radius 1 is 1.44 bits per heavy atom. The molecule has 0 spiro atoms. The van der Waals surface area contributed by atoms with E-state index >= 15 is 0 Å². The highest BCUT2D eigenvalue weighted by atomic mass is 35.5. The van der Waals surface area contributed by atoms with Gasteiger partial charge in [0.15, 0.2) is 10.6 Å². The van der Waals surface area contributed by atoms with Crippen molar-refractivity contribution in [3.63, 3.8) is 0 Å². The van der Waals surface area contributed by atoms with Crippen LogP contribution in [-0.4, -0.2) is 16.5 Å². The number of hydrogen-bond donors (Lipinski definition) is 0. The van der Waals surface area contributed by atoms with Crippen molar-refractivity contribution >= 4 is 41.1 Å². The SMILES string of the molecule is O=CC(Cl)(Cl)CCCCl. The molecule has 0 aromatic carbocycles. The zero-order chi connectivity index (χ0) is 7.33. The van der Waals surface area contributed by atoms with Crippen LogP contribution in [0.5, 0.6) is 0 Å². The van der Waals surface area contributed by atoms with Crippen LogP contribution in [0.1, 0.15) is 12.8 Å². The van der Waals surface area contributed by atoms with Crippen molar-refractivity contribution in [2.45, 2.75) is 17.2 Å². The Labute approximate surface area is 69.3 Å².